The van der Waals surface area contributed by atoms with Crippen molar-refractivity contribution < 1.29 is 4.74 Å². The Morgan fingerprint density at radius 3 is 2.50 bits per heavy atom. The normalized spacial score (nSPS) is 20.0. The number of hydrogen-bond acceptors (Lipinski definition) is 4. The van der Waals surface area contributed by atoms with Crippen molar-refractivity contribution in [3.05, 3.63) is 42.0 Å². The van der Waals surface area contributed by atoms with Gasteiger partial charge in [-0.3, -0.25) is 14.8 Å². The third kappa shape index (κ3) is 6.93. The topological polar surface area (TPSA) is 43.3 Å². The second-order valence-electron chi connectivity index (χ2n) is 7.29. The van der Waals surface area contributed by atoms with E-state index in [1.54, 1.807) is 0 Å². The van der Waals surface area contributed by atoms with Gasteiger partial charge in [0.15, 0.2) is 5.96 Å². The van der Waals surface area contributed by atoms with Crippen LogP contribution >= 0.6 is 0 Å². The highest BCUT2D eigenvalue weighted by Crippen LogP contribution is 2.05. The SMILES string of the molecule is CCNC(=NCCN1CCOCC1)N1CCN(C/C=C/c2ccccc2)CC1. The van der Waals surface area contributed by atoms with Crippen molar-refractivity contribution in [2.45, 2.75) is 6.92 Å². The van der Waals surface area contributed by atoms with E-state index in [1.807, 2.05) is 0 Å². The zero-order valence-corrected chi connectivity index (χ0v) is 17.2. The Balaban J connectivity index is 1.41. The highest BCUT2D eigenvalue weighted by atomic mass is 16.5. The van der Waals surface area contributed by atoms with E-state index in [4.69, 9.17) is 9.73 Å². The van der Waals surface area contributed by atoms with E-state index >= 15 is 0 Å². The molecule has 6 nitrogen and oxygen atoms in total. The molecule has 2 fully saturated rings. The van der Waals surface area contributed by atoms with Crippen molar-refractivity contribution in [1.29, 1.82) is 0 Å². The fraction of sp³-hybridized carbons (Fsp3) is 0.591. The highest BCUT2D eigenvalue weighted by molar-refractivity contribution is 5.80. The van der Waals surface area contributed by atoms with E-state index in [2.05, 4.69) is 69.4 Å². The van der Waals surface area contributed by atoms with E-state index in [0.29, 0.717) is 0 Å². The molecule has 0 aliphatic carbocycles. The van der Waals surface area contributed by atoms with E-state index in [9.17, 15) is 0 Å². The second kappa shape index (κ2) is 11.8. The van der Waals surface area contributed by atoms with Crippen LogP contribution in [0.1, 0.15) is 12.5 Å². The van der Waals surface area contributed by atoms with Gasteiger partial charge < -0.3 is 15.0 Å². The summed E-state index contributed by atoms with van der Waals surface area (Å²) < 4.78 is 5.42. The minimum atomic E-state index is 0.850. The Labute approximate surface area is 169 Å². The number of rotatable bonds is 7. The van der Waals surface area contributed by atoms with Crippen LogP contribution in [-0.2, 0) is 4.74 Å². The van der Waals surface area contributed by atoms with Gasteiger partial charge in [-0.25, -0.2) is 0 Å². The summed E-state index contributed by atoms with van der Waals surface area (Å²) in [5.41, 5.74) is 1.27. The maximum Gasteiger partial charge on any atom is 0.194 e. The maximum absolute atomic E-state index is 5.42. The average Bonchev–Trinajstić information content (AvgIpc) is 2.75. The van der Waals surface area contributed by atoms with Crippen molar-refractivity contribution in [3.63, 3.8) is 0 Å². The van der Waals surface area contributed by atoms with Gasteiger partial charge in [-0.2, -0.15) is 0 Å². The molecule has 1 aromatic carbocycles. The first-order valence-electron chi connectivity index (χ1n) is 10.6. The summed E-state index contributed by atoms with van der Waals surface area (Å²) in [6.45, 7) is 13.9. The lowest BCUT2D eigenvalue weighted by molar-refractivity contribution is 0.0394. The molecule has 0 aromatic heterocycles. The fourth-order valence-electron chi connectivity index (χ4n) is 3.59. The summed E-state index contributed by atoms with van der Waals surface area (Å²) in [5.74, 6) is 1.07. The van der Waals surface area contributed by atoms with Gasteiger partial charge in [-0.15, -0.1) is 0 Å². The lowest BCUT2D eigenvalue weighted by atomic mass is 10.2. The first-order valence-corrected chi connectivity index (χ1v) is 10.6. The molecule has 2 aliphatic rings. The molecular formula is C22H35N5O. The Kier molecular flexibility index (Phi) is 8.81. The highest BCUT2D eigenvalue weighted by Gasteiger charge is 2.19. The minimum absolute atomic E-state index is 0.850. The Hall–Kier alpha value is -1.89. The van der Waals surface area contributed by atoms with Crippen LogP contribution < -0.4 is 5.32 Å². The summed E-state index contributed by atoms with van der Waals surface area (Å²) in [4.78, 5) is 12.2. The molecule has 0 radical (unpaired) electrons. The monoisotopic (exact) mass is 385 g/mol. The van der Waals surface area contributed by atoms with E-state index in [-0.39, 0.29) is 0 Å². The molecular weight excluding hydrogens is 350 g/mol. The van der Waals surface area contributed by atoms with Crippen LogP contribution in [0.5, 0.6) is 0 Å². The molecule has 0 spiro atoms. The Bertz CT molecular complexity index is 605. The van der Waals surface area contributed by atoms with E-state index < -0.39 is 0 Å². The molecule has 154 valence electrons. The zero-order valence-electron chi connectivity index (χ0n) is 17.2. The van der Waals surface area contributed by atoms with Gasteiger partial charge in [-0.05, 0) is 12.5 Å². The summed E-state index contributed by atoms with van der Waals surface area (Å²) in [6, 6.07) is 10.5. The number of guanidine groups is 1. The number of benzene rings is 1. The molecule has 0 amide bonds. The average molecular weight is 386 g/mol. The number of nitrogens with one attached hydrogen (secondary N) is 1. The molecule has 2 heterocycles. The van der Waals surface area contributed by atoms with Crippen LogP contribution in [0.15, 0.2) is 41.4 Å². The molecule has 0 atom stereocenters. The summed E-state index contributed by atoms with van der Waals surface area (Å²) in [5, 5.41) is 3.47. The number of nitrogens with zero attached hydrogens (tertiary/aromatic N) is 4. The molecule has 28 heavy (non-hydrogen) atoms. The Morgan fingerprint density at radius 2 is 1.79 bits per heavy atom. The lowest BCUT2D eigenvalue weighted by Crippen LogP contribution is -2.52. The number of hydrogen-bond donors (Lipinski definition) is 1. The van der Waals surface area contributed by atoms with Gasteiger partial charge in [0.25, 0.3) is 0 Å². The minimum Gasteiger partial charge on any atom is -0.379 e. The summed E-state index contributed by atoms with van der Waals surface area (Å²) in [6.07, 6.45) is 4.48. The molecule has 6 heteroatoms. The van der Waals surface area contributed by atoms with Crippen molar-refractivity contribution >= 4 is 12.0 Å². The van der Waals surface area contributed by atoms with Crippen molar-refractivity contribution in [2.24, 2.45) is 4.99 Å². The van der Waals surface area contributed by atoms with Crippen molar-refractivity contribution in [2.75, 3.05) is 78.7 Å². The molecule has 2 aliphatic heterocycles. The molecule has 1 N–H and O–H groups in total. The number of piperazine rings is 1. The first kappa shape index (κ1) is 20.8. The van der Waals surface area contributed by atoms with Crippen LogP contribution in [-0.4, -0.2) is 99.3 Å². The van der Waals surface area contributed by atoms with Gasteiger partial charge in [0.05, 0.1) is 19.8 Å². The quantitative estimate of drug-likeness (QED) is 0.571. The van der Waals surface area contributed by atoms with Gasteiger partial charge in [0.2, 0.25) is 0 Å². The third-order valence-corrected chi connectivity index (χ3v) is 5.26. The fourth-order valence-corrected chi connectivity index (χ4v) is 3.59. The summed E-state index contributed by atoms with van der Waals surface area (Å²) >= 11 is 0. The van der Waals surface area contributed by atoms with E-state index in [0.717, 1.165) is 84.6 Å². The van der Waals surface area contributed by atoms with Gasteiger partial charge in [0, 0.05) is 58.9 Å². The smallest absolute Gasteiger partial charge is 0.194 e. The Morgan fingerprint density at radius 1 is 1.04 bits per heavy atom. The number of morpholine rings is 1. The van der Waals surface area contributed by atoms with Crippen molar-refractivity contribution in [1.82, 2.24) is 20.0 Å². The third-order valence-electron chi connectivity index (χ3n) is 5.26. The van der Waals surface area contributed by atoms with Crippen LogP contribution in [0, 0.1) is 0 Å². The van der Waals surface area contributed by atoms with Crippen LogP contribution in [0.2, 0.25) is 0 Å². The van der Waals surface area contributed by atoms with Crippen LogP contribution in [0.4, 0.5) is 0 Å². The standard InChI is InChI=1S/C22H35N5O/c1-2-23-22(24-10-12-26-17-19-28-20-18-26)27-15-13-25(14-16-27)11-6-9-21-7-4-3-5-8-21/h3-9H,2,10-20H2,1H3,(H,23,24)/b9-6+. The second-order valence-corrected chi connectivity index (χ2v) is 7.29. The molecule has 0 bridgehead atoms. The zero-order chi connectivity index (χ0) is 19.4. The maximum atomic E-state index is 5.42. The molecule has 0 saturated carbocycles. The molecule has 1 aromatic rings. The molecule has 2 saturated heterocycles. The number of ether oxygens (including phenoxy) is 1. The predicted molar refractivity (Wildman–Crippen MR) is 117 cm³/mol. The largest absolute Gasteiger partial charge is 0.379 e. The molecule has 3 rings (SSSR count). The van der Waals surface area contributed by atoms with Gasteiger partial charge in [-0.1, -0.05) is 42.5 Å². The molecule has 0 unspecified atom stereocenters. The summed E-state index contributed by atoms with van der Waals surface area (Å²) in [7, 11) is 0. The first-order chi connectivity index (χ1) is 13.8. The van der Waals surface area contributed by atoms with Crippen molar-refractivity contribution in [3.8, 4) is 0 Å². The predicted octanol–water partition coefficient (Wildman–Crippen LogP) is 1.62. The van der Waals surface area contributed by atoms with Gasteiger partial charge in [0.1, 0.15) is 0 Å². The van der Waals surface area contributed by atoms with Crippen LogP contribution in [0.25, 0.3) is 6.08 Å². The lowest BCUT2D eigenvalue weighted by Gasteiger charge is -2.36. The number of aliphatic imine (C=N–C) groups is 1. The van der Waals surface area contributed by atoms with Gasteiger partial charge >= 0.3 is 0 Å². The van der Waals surface area contributed by atoms with Crippen LogP contribution in [0.3, 0.4) is 0 Å². The van der Waals surface area contributed by atoms with E-state index in [1.165, 1.54) is 5.56 Å².